The lowest BCUT2D eigenvalue weighted by atomic mass is 9.46. The predicted molar refractivity (Wildman–Crippen MR) is 93.7 cm³/mol. The van der Waals surface area contributed by atoms with Gasteiger partial charge in [0.2, 0.25) is 0 Å². The molecule has 0 unspecified atom stereocenters. The molecule has 4 nitrogen and oxygen atoms in total. The van der Waals surface area contributed by atoms with E-state index in [2.05, 4.69) is 13.8 Å². The smallest absolute Gasteiger partial charge is 0.155 e. The van der Waals surface area contributed by atoms with Crippen molar-refractivity contribution in [2.75, 3.05) is 0 Å². The van der Waals surface area contributed by atoms with Gasteiger partial charge in [-0.2, -0.15) is 0 Å². The van der Waals surface area contributed by atoms with Gasteiger partial charge in [-0.05, 0) is 73.7 Å². The van der Waals surface area contributed by atoms with E-state index in [-0.39, 0.29) is 46.1 Å². The van der Waals surface area contributed by atoms with Crippen LogP contribution in [0.25, 0.3) is 0 Å². The second kappa shape index (κ2) is 5.50. The number of rotatable bonds is 1. The molecule has 3 fully saturated rings. The Labute approximate surface area is 149 Å². The van der Waals surface area contributed by atoms with Crippen molar-refractivity contribution in [2.45, 2.75) is 71.5 Å². The third-order valence-corrected chi connectivity index (χ3v) is 8.46. The van der Waals surface area contributed by atoms with Gasteiger partial charge in [0, 0.05) is 12.3 Å². The molecule has 8 atom stereocenters. The molecule has 0 amide bonds. The molecule has 4 aliphatic carbocycles. The summed E-state index contributed by atoms with van der Waals surface area (Å²) in [5, 5.41) is 21.9. The molecule has 4 heteroatoms. The molecule has 0 saturated heterocycles. The van der Waals surface area contributed by atoms with Crippen LogP contribution in [0.2, 0.25) is 0 Å². The second-order valence-electron chi connectivity index (χ2n) is 9.55. The second-order valence-corrected chi connectivity index (χ2v) is 9.55. The maximum Gasteiger partial charge on any atom is 0.155 e. The number of aliphatic hydroxyl groups is 2. The molecule has 0 radical (unpaired) electrons. The third-order valence-electron chi connectivity index (χ3n) is 8.46. The molecular weight excluding hydrogens is 316 g/mol. The fraction of sp³-hybridized carbons (Fsp3) is 0.810. The van der Waals surface area contributed by atoms with Crippen molar-refractivity contribution in [1.29, 1.82) is 0 Å². The van der Waals surface area contributed by atoms with Crippen LogP contribution in [0, 0.1) is 34.5 Å². The molecule has 0 aromatic rings. The molecule has 2 N–H and O–H groups in total. The number of ketones is 2. The Morgan fingerprint density at radius 2 is 1.92 bits per heavy atom. The van der Waals surface area contributed by atoms with Crippen LogP contribution in [0.5, 0.6) is 0 Å². The maximum atomic E-state index is 12.2. The number of Topliss-reactive ketones (excluding diaryl/α,β-unsaturated/α-hetero) is 1. The lowest BCUT2D eigenvalue weighted by Gasteiger charge is -2.59. The Kier molecular flexibility index (Phi) is 3.83. The first-order valence-electron chi connectivity index (χ1n) is 9.79. The Hall–Kier alpha value is -1.00. The Morgan fingerprint density at radius 1 is 1.20 bits per heavy atom. The molecule has 0 bridgehead atoms. The van der Waals surface area contributed by atoms with Crippen LogP contribution in [0.1, 0.15) is 59.3 Å². The van der Waals surface area contributed by atoms with Gasteiger partial charge in [0.1, 0.15) is 5.78 Å². The van der Waals surface area contributed by atoms with Crippen molar-refractivity contribution >= 4 is 11.6 Å². The van der Waals surface area contributed by atoms with Crippen molar-refractivity contribution in [3.05, 3.63) is 11.6 Å². The van der Waals surface area contributed by atoms with Crippen LogP contribution in [0.15, 0.2) is 11.6 Å². The summed E-state index contributed by atoms with van der Waals surface area (Å²) in [5.41, 5.74) is 0.847. The average molecular weight is 346 g/mol. The highest BCUT2D eigenvalue weighted by molar-refractivity contribution is 5.91. The van der Waals surface area contributed by atoms with Gasteiger partial charge in [0.05, 0.1) is 12.2 Å². The van der Waals surface area contributed by atoms with Gasteiger partial charge >= 0.3 is 0 Å². The zero-order chi connectivity index (χ0) is 18.1. The molecule has 25 heavy (non-hydrogen) atoms. The minimum atomic E-state index is -0.528. The summed E-state index contributed by atoms with van der Waals surface area (Å²) in [5.74, 6) is 0.533. The van der Waals surface area contributed by atoms with E-state index in [1.165, 1.54) is 0 Å². The summed E-state index contributed by atoms with van der Waals surface area (Å²) in [6, 6.07) is 0. The normalized spacial score (nSPS) is 52.0. The fourth-order valence-electron chi connectivity index (χ4n) is 7.21. The lowest BCUT2D eigenvalue weighted by Crippen LogP contribution is -2.57. The Bertz CT molecular complexity index is 652. The van der Waals surface area contributed by atoms with Crippen molar-refractivity contribution < 1.29 is 19.8 Å². The van der Waals surface area contributed by atoms with Gasteiger partial charge in [0.15, 0.2) is 5.78 Å². The summed E-state index contributed by atoms with van der Waals surface area (Å²) in [6.45, 7) is 6.05. The van der Waals surface area contributed by atoms with Gasteiger partial charge < -0.3 is 10.2 Å². The summed E-state index contributed by atoms with van der Waals surface area (Å²) >= 11 is 0. The van der Waals surface area contributed by atoms with Crippen molar-refractivity contribution in [2.24, 2.45) is 34.5 Å². The standard InChI is InChI=1S/C21H30O4/c1-11(22)15-10-17(25)19-18-14(5-7-21(15,19)3)20(2)6-4-13(23)8-12(20)9-16(18)24/h8,14-19,24-25H,4-7,9-10H2,1-3H3/t14-,15+,16-,17+,18-,19-,20-,21+/m0/s1. The first kappa shape index (κ1) is 17.4. The average Bonchev–Trinajstić information content (AvgIpc) is 2.81. The summed E-state index contributed by atoms with van der Waals surface area (Å²) < 4.78 is 0. The van der Waals surface area contributed by atoms with Crippen molar-refractivity contribution in [3.63, 3.8) is 0 Å². The number of carbonyl (C=O) groups is 2. The molecule has 3 saturated carbocycles. The summed E-state index contributed by atoms with van der Waals surface area (Å²) in [7, 11) is 0. The van der Waals surface area contributed by atoms with Gasteiger partial charge in [-0.25, -0.2) is 0 Å². The molecule has 4 rings (SSSR count). The molecule has 0 aromatic heterocycles. The van der Waals surface area contributed by atoms with Gasteiger partial charge in [-0.3, -0.25) is 9.59 Å². The number of hydrogen-bond acceptors (Lipinski definition) is 4. The molecule has 0 spiro atoms. The first-order valence-corrected chi connectivity index (χ1v) is 9.79. The van der Waals surface area contributed by atoms with E-state index in [4.69, 9.17) is 0 Å². The van der Waals surface area contributed by atoms with Crippen LogP contribution in [0.3, 0.4) is 0 Å². The number of carbonyl (C=O) groups excluding carboxylic acids is 2. The maximum absolute atomic E-state index is 12.2. The Morgan fingerprint density at radius 3 is 2.60 bits per heavy atom. The van der Waals surface area contributed by atoms with Gasteiger partial charge in [-0.15, -0.1) is 0 Å². The minimum Gasteiger partial charge on any atom is -0.393 e. The van der Waals surface area contributed by atoms with Crippen LogP contribution >= 0.6 is 0 Å². The SMILES string of the molecule is CC(=O)[C@H]1C[C@@H](O)[C@H]2[C@@H]3[C@@H](O)CC4=CC(=O)CC[C@]4(C)[C@H]3CC[C@@]21C. The zero-order valence-corrected chi connectivity index (χ0v) is 15.5. The number of aliphatic hydroxyl groups excluding tert-OH is 2. The highest BCUT2D eigenvalue weighted by Gasteiger charge is 2.64. The highest BCUT2D eigenvalue weighted by Crippen LogP contribution is 2.66. The molecule has 138 valence electrons. The van der Waals surface area contributed by atoms with E-state index < -0.39 is 12.2 Å². The van der Waals surface area contributed by atoms with Gasteiger partial charge in [0.25, 0.3) is 0 Å². The predicted octanol–water partition coefficient (Wildman–Crippen LogP) is 2.67. The van der Waals surface area contributed by atoms with E-state index >= 15 is 0 Å². The van der Waals surface area contributed by atoms with Crippen LogP contribution in [-0.4, -0.2) is 34.0 Å². The highest BCUT2D eigenvalue weighted by atomic mass is 16.3. The quantitative estimate of drug-likeness (QED) is 0.765. The third kappa shape index (κ3) is 2.26. The number of hydrogen-bond donors (Lipinski definition) is 2. The van der Waals surface area contributed by atoms with E-state index in [1.54, 1.807) is 13.0 Å². The molecule has 0 heterocycles. The molecular formula is C21H30O4. The van der Waals surface area contributed by atoms with Crippen molar-refractivity contribution in [3.8, 4) is 0 Å². The van der Waals surface area contributed by atoms with Crippen molar-refractivity contribution in [1.82, 2.24) is 0 Å². The van der Waals surface area contributed by atoms with Crippen LogP contribution < -0.4 is 0 Å². The lowest BCUT2D eigenvalue weighted by molar-refractivity contribution is -0.142. The zero-order valence-electron chi connectivity index (χ0n) is 15.5. The van der Waals surface area contributed by atoms with E-state index in [1.807, 2.05) is 0 Å². The van der Waals surface area contributed by atoms with Crippen LogP contribution in [-0.2, 0) is 9.59 Å². The summed E-state index contributed by atoms with van der Waals surface area (Å²) in [4.78, 5) is 24.1. The topological polar surface area (TPSA) is 74.6 Å². The summed E-state index contributed by atoms with van der Waals surface area (Å²) in [6.07, 6.45) is 5.12. The Balaban J connectivity index is 1.75. The minimum absolute atomic E-state index is 0.0217. The van der Waals surface area contributed by atoms with Gasteiger partial charge in [-0.1, -0.05) is 19.4 Å². The largest absolute Gasteiger partial charge is 0.393 e. The first-order chi connectivity index (χ1) is 11.7. The molecule has 4 aliphatic rings. The number of fused-ring (bicyclic) bond motifs is 5. The van der Waals surface area contributed by atoms with E-state index in [0.717, 1.165) is 24.8 Å². The van der Waals surface area contributed by atoms with E-state index in [0.29, 0.717) is 19.3 Å². The molecule has 0 aliphatic heterocycles. The monoisotopic (exact) mass is 346 g/mol. The molecule has 0 aromatic carbocycles. The fourth-order valence-corrected chi connectivity index (χ4v) is 7.21. The van der Waals surface area contributed by atoms with E-state index in [9.17, 15) is 19.8 Å². The van der Waals surface area contributed by atoms with Crippen LogP contribution in [0.4, 0.5) is 0 Å².